The van der Waals surface area contributed by atoms with E-state index < -0.39 is 6.43 Å². The summed E-state index contributed by atoms with van der Waals surface area (Å²) in [6.07, 6.45) is -2.55. The lowest BCUT2D eigenvalue weighted by atomic mass is 10.4. The van der Waals surface area contributed by atoms with Gasteiger partial charge in [-0.2, -0.15) is 5.10 Å². The van der Waals surface area contributed by atoms with Crippen LogP contribution in [0.1, 0.15) is 32.0 Å². The van der Waals surface area contributed by atoms with Crippen LogP contribution in [0.4, 0.5) is 8.78 Å². The third-order valence-corrected chi connectivity index (χ3v) is 1.70. The average molecular weight is 195 g/mol. The molecule has 0 saturated heterocycles. The van der Waals surface area contributed by atoms with Gasteiger partial charge in [-0.3, -0.25) is 4.68 Å². The number of alkyl halides is 2. The Morgan fingerprint density at radius 2 is 2.08 bits per heavy atom. The number of hydrogen-bond donors (Lipinski definition) is 0. The minimum absolute atomic E-state index is 0.00463. The van der Waals surface area contributed by atoms with E-state index in [4.69, 9.17) is 11.6 Å². The maximum absolute atomic E-state index is 12.1. The van der Waals surface area contributed by atoms with Crippen LogP contribution in [0.15, 0.2) is 6.07 Å². The molecule has 0 spiro atoms. The lowest BCUT2D eigenvalue weighted by Crippen LogP contribution is -2.03. The first kappa shape index (κ1) is 9.45. The Morgan fingerprint density at radius 3 is 2.33 bits per heavy atom. The third kappa shape index (κ3) is 1.75. The maximum atomic E-state index is 12.1. The summed E-state index contributed by atoms with van der Waals surface area (Å²) < 4.78 is 25.5. The Hall–Kier alpha value is -0.640. The van der Waals surface area contributed by atoms with Crippen molar-refractivity contribution in [2.45, 2.75) is 26.3 Å². The van der Waals surface area contributed by atoms with Crippen LogP contribution in [0.3, 0.4) is 0 Å². The highest BCUT2D eigenvalue weighted by molar-refractivity contribution is 6.29. The summed E-state index contributed by atoms with van der Waals surface area (Å²) >= 11 is 5.65. The molecule has 0 aromatic carbocycles. The van der Waals surface area contributed by atoms with Crippen molar-refractivity contribution in [2.24, 2.45) is 0 Å². The molecule has 68 valence electrons. The van der Waals surface area contributed by atoms with E-state index in [0.717, 1.165) is 0 Å². The van der Waals surface area contributed by atoms with Gasteiger partial charge in [0.1, 0.15) is 10.8 Å². The van der Waals surface area contributed by atoms with Gasteiger partial charge in [-0.15, -0.1) is 0 Å². The summed E-state index contributed by atoms with van der Waals surface area (Å²) in [5, 5.41) is 3.89. The fraction of sp³-hybridized carbons (Fsp3) is 0.571. The van der Waals surface area contributed by atoms with Crippen molar-refractivity contribution in [3.8, 4) is 0 Å². The molecule has 0 aliphatic carbocycles. The number of aromatic nitrogens is 2. The molecule has 1 heterocycles. The zero-order chi connectivity index (χ0) is 9.30. The van der Waals surface area contributed by atoms with Crippen molar-refractivity contribution in [1.82, 2.24) is 9.78 Å². The maximum Gasteiger partial charge on any atom is 0.282 e. The molecule has 0 bridgehead atoms. The van der Waals surface area contributed by atoms with Gasteiger partial charge in [0.2, 0.25) is 0 Å². The Kier molecular flexibility index (Phi) is 2.67. The molecule has 12 heavy (non-hydrogen) atoms. The molecule has 2 nitrogen and oxygen atoms in total. The quantitative estimate of drug-likeness (QED) is 0.708. The number of halogens is 3. The summed E-state index contributed by atoms with van der Waals surface area (Å²) in [5.74, 6) is 0. The molecule has 1 aromatic heterocycles. The topological polar surface area (TPSA) is 17.8 Å². The Bertz CT molecular complexity index is 270. The third-order valence-electron chi connectivity index (χ3n) is 1.42. The molecule has 0 amide bonds. The van der Waals surface area contributed by atoms with Gasteiger partial charge in [0.05, 0.1) is 0 Å². The highest BCUT2D eigenvalue weighted by atomic mass is 35.5. The molecule has 0 saturated carbocycles. The molecule has 0 N–H and O–H groups in total. The normalized spacial score (nSPS) is 11.6. The summed E-state index contributed by atoms with van der Waals surface area (Å²) in [6, 6.07) is 1.19. The fourth-order valence-electron chi connectivity index (χ4n) is 0.858. The lowest BCUT2D eigenvalue weighted by Gasteiger charge is -2.05. The predicted octanol–water partition coefficient (Wildman–Crippen LogP) is 3.06. The summed E-state index contributed by atoms with van der Waals surface area (Å²) in [5.41, 5.74) is -0.270. The van der Waals surface area contributed by atoms with Crippen LogP contribution in [0, 0.1) is 0 Å². The van der Waals surface area contributed by atoms with Crippen LogP contribution in [0.2, 0.25) is 5.15 Å². The molecule has 5 heteroatoms. The molecule has 1 rings (SSSR count). The van der Waals surface area contributed by atoms with Crippen molar-refractivity contribution < 1.29 is 8.78 Å². The van der Waals surface area contributed by atoms with Crippen LogP contribution < -0.4 is 0 Å². The van der Waals surface area contributed by atoms with Crippen LogP contribution in [0.5, 0.6) is 0 Å². The number of hydrogen-bond acceptors (Lipinski definition) is 1. The van der Waals surface area contributed by atoms with E-state index in [-0.39, 0.29) is 16.9 Å². The minimum atomic E-state index is -2.55. The molecule has 0 aliphatic rings. The van der Waals surface area contributed by atoms with E-state index in [1.165, 1.54) is 10.7 Å². The monoisotopic (exact) mass is 194 g/mol. The Balaban J connectivity index is 3.00. The highest BCUT2D eigenvalue weighted by Crippen LogP contribution is 2.23. The van der Waals surface area contributed by atoms with Crippen LogP contribution in [-0.2, 0) is 0 Å². The first-order valence-corrected chi connectivity index (χ1v) is 3.93. The molecule has 0 aliphatic heterocycles. The van der Waals surface area contributed by atoms with Gasteiger partial charge >= 0.3 is 0 Å². The van der Waals surface area contributed by atoms with E-state index in [9.17, 15) is 8.78 Å². The first-order valence-electron chi connectivity index (χ1n) is 3.55. The van der Waals surface area contributed by atoms with Crippen LogP contribution in [-0.4, -0.2) is 9.78 Å². The van der Waals surface area contributed by atoms with Gasteiger partial charge in [-0.05, 0) is 13.8 Å². The van der Waals surface area contributed by atoms with Crippen molar-refractivity contribution in [2.75, 3.05) is 0 Å². The van der Waals surface area contributed by atoms with Crippen LogP contribution in [0.25, 0.3) is 0 Å². The largest absolute Gasteiger partial charge is 0.282 e. The van der Waals surface area contributed by atoms with Gasteiger partial charge in [0, 0.05) is 12.1 Å². The summed E-state index contributed by atoms with van der Waals surface area (Å²) in [7, 11) is 0. The predicted molar refractivity (Wildman–Crippen MR) is 42.6 cm³/mol. The van der Waals surface area contributed by atoms with Gasteiger partial charge in [-0.25, -0.2) is 8.78 Å². The second-order valence-electron chi connectivity index (χ2n) is 2.73. The van der Waals surface area contributed by atoms with Gasteiger partial charge in [-0.1, -0.05) is 11.6 Å². The van der Waals surface area contributed by atoms with E-state index in [2.05, 4.69) is 5.10 Å². The van der Waals surface area contributed by atoms with E-state index in [1.54, 1.807) is 0 Å². The fourth-order valence-corrected chi connectivity index (χ4v) is 1.20. The Morgan fingerprint density at radius 1 is 1.50 bits per heavy atom. The number of rotatable bonds is 2. The summed E-state index contributed by atoms with van der Waals surface area (Å²) in [4.78, 5) is 0. The minimum Gasteiger partial charge on any atom is -0.251 e. The second-order valence-corrected chi connectivity index (χ2v) is 3.12. The molecule has 0 radical (unpaired) electrons. The second kappa shape index (κ2) is 3.39. The first-order chi connectivity index (χ1) is 5.52. The van der Waals surface area contributed by atoms with Crippen LogP contribution >= 0.6 is 11.6 Å². The molecular weight excluding hydrogens is 186 g/mol. The average Bonchev–Trinajstić information content (AvgIpc) is 2.30. The van der Waals surface area contributed by atoms with Gasteiger partial charge < -0.3 is 0 Å². The SMILES string of the molecule is CC(C)n1nc(C(F)F)cc1Cl. The van der Waals surface area contributed by atoms with Crippen molar-refractivity contribution >= 4 is 11.6 Å². The standard InChI is InChI=1S/C7H9ClF2N2/c1-4(2)12-6(8)3-5(11-12)7(9)10/h3-4,7H,1-2H3. The van der Waals surface area contributed by atoms with Crippen molar-refractivity contribution in [3.63, 3.8) is 0 Å². The zero-order valence-electron chi connectivity index (χ0n) is 6.76. The molecule has 0 fully saturated rings. The van der Waals surface area contributed by atoms with E-state index in [0.29, 0.717) is 0 Å². The molecular formula is C7H9ClF2N2. The molecule has 0 unspecified atom stereocenters. The Labute approximate surface area is 74.1 Å². The number of nitrogens with zero attached hydrogens (tertiary/aromatic N) is 2. The van der Waals surface area contributed by atoms with Crippen molar-refractivity contribution in [1.29, 1.82) is 0 Å². The molecule has 1 aromatic rings. The van der Waals surface area contributed by atoms with Crippen molar-refractivity contribution in [3.05, 3.63) is 16.9 Å². The van der Waals surface area contributed by atoms with Gasteiger partial charge in [0.25, 0.3) is 6.43 Å². The smallest absolute Gasteiger partial charge is 0.251 e. The summed E-state index contributed by atoms with van der Waals surface area (Å²) in [6.45, 7) is 3.66. The van der Waals surface area contributed by atoms with E-state index >= 15 is 0 Å². The highest BCUT2D eigenvalue weighted by Gasteiger charge is 2.15. The lowest BCUT2D eigenvalue weighted by molar-refractivity contribution is 0.144. The van der Waals surface area contributed by atoms with Gasteiger partial charge in [0.15, 0.2) is 0 Å². The molecule has 0 atom stereocenters. The zero-order valence-corrected chi connectivity index (χ0v) is 7.52. The van der Waals surface area contributed by atoms with E-state index in [1.807, 2.05) is 13.8 Å².